The van der Waals surface area contributed by atoms with Crippen LogP contribution in [-0.4, -0.2) is 19.1 Å². The molecule has 64 valence electrons. The van der Waals surface area contributed by atoms with Crippen molar-refractivity contribution in [1.29, 1.82) is 0 Å². The summed E-state index contributed by atoms with van der Waals surface area (Å²) in [6.45, 7) is 5.47. The predicted molar refractivity (Wildman–Crippen MR) is 46.2 cm³/mol. The van der Waals surface area contributed by atoms with Gasteiger partial charge in [-0.15, -0.1) is 0 Å². The quantitative estimate of drug-likeness (QED) is 0.584. The lowest BCUT2D eigenvalue weighted by atomic mass is 10.3. The molecule has 10 heavy (non-hydrogen) atoms. The molecular formula is C7H20N2O. The Hall–Kier alpha value is -0.730. The smallest absolute Gasteiger partial charge is 0.314 e. The van der Waals surface area contributed by atoms with Crippen molar-refractivity contribution in [3.05, 3.63) is 0 Å². The topological polar surface area (TPSA) is 41.1 Å². The Morgan fingerprint density at radius 2 is 2.10 bits per heavy atom. The van der Waals surface area contributed by atoms with Gasteiger partial charge in [0.15, 0.2) is 0 Å². The minimum atomic E-state index is -0.0593. The zero-order valence-corrected chi connectivity index (χ0v) is 6.74. The Morgan fingerprint density at radius 3 is 2.60 bits per heavy atom. The van der Waals surface area contributed by atoms with Crippen molar-refractivity contribution in [2.75, 3.05) is 13.1 Å². The molecule has 0 aliphatic heterocycles. The molecule has 0 aromatic rings. The van der Waals surface area contributed by atoms with E-state index in [1.165, 1.54) is 0 Å². The van der Waals surface area contributed by atoms with Gasteiger partial charge in [-0.3, -0.25) is 0 Å². The second-order valence-corrected chi connectivity index (χ2v) is 2.14. The lowest BCUT2D eigenvalue weighted by Gasteiger charge is -2.03. The van der Waals surface area contributed by atoms with Gasteiger partial charge in [0, 0.05) is 15.9 Å². The number of amides is 2. The maximum Gasteiger partial charge on any atom is 0.314 e. The molecule has 0 spiro atoms. The zero-order chi connectivity index (χ0) is 7.82. The van der Waals surface area contributed by atoms with E-state index in [4.69, 9.17) is 0 Å². The first-order chi connectivity index (χ1) is 4.81. The number of urea groups is 1. The van der Waals surface area contributed by atoms with E-state index in [1.54, 1.807) is 0 Å². The highest BCUT2D eigenvalue weighted by Crippen LogP contribution is 1.81. The number of rotatable bonds is 4. The molecule has 0 heterocycles. The summed E-state index contributed by atoms with van der Waals surface area (Å²) in [6.07, 6.45) is 2.17. The number of carbonyl (C=O) groups excluding carboxylic acids is 1. The Labute approximate surface area is 65.2 Å². The van der Waals surface area contributed by atoms with Crippen LogP contribution in [0.15, 0.2) is 0 Å². The average molecular weight is 148 g/mol. The fraction of sp³-hybridized carbons (Fsp3) is 0.857. The molecule has 0 saturated heterocycles. The van der Waals surface area contributed by atoms with E-state index < -0.39 is 0 Å². The Morgan fingerprint density at radius 1 is 1.40 bits per heavy atom. The molecule has 0 bridgehead atoms. The van der Waals surface area contributed by atoms with E-state index in [2.05, 4.69) is 17.6 Å². The number of hydrogen-bond acceptors (Lipinski definition) is 1. The summed E-state index contributed by atoms with van der Waals surface area (Å²) in [4.78, 5) is 10.7. The lowest BCUT2D eigenvalue weighted by molar-refractivity contribution is 0.241. The fourth-order valence-corrected chi connectivity index (χ4v) is 0.602. The van der Waals surface area contributed by atoms with Crippen LogP contribution in [0.4, 0.5) is 4.79 Å². The third-order valence-corrected chi connectivity index (χ3v) is 1.15. The Balaban J connectivity index is -0.000000405. The van der Waals surface area contributed by atoms with Crippen LogP contribution >= 0.6 is 0 Å². The van der Waals surface area contributed by atoms with Crippen LogP contribution in [0.25, 0.3) is 0 Å². The van der Waals surface area contributed by atoms with Crippen molar-refractivity contribution in [2.45, 2.75) is 26.7 Å². The zero-order valence-electron chi connectivity index (χ0n) is 6.74. The van der Waals surface area contributed by atoms with Gasteiger partial charge >= 0.3 is 6.03 Å². The fourth-order valence-electron chi connectivity index (χ4n) is 0.602. The van der Waals surface area contributed by atoms with Gasteiger partial charge in [0.05, 0.1) is 0 Å². The number of nitrogens with one attached hydrogen (secondary N) is 2. The standard InChI is InChI=1S/C7H16N2O.2H2/c1-3-5-6-9-7(10)8-4-2;;/h3-6H2,1-2H3,(H2,8,9,10);2*1H. The van der Waals surface area contributed by atoms with Crippen LogP contribution in [0.3, 0.4) is 0 Å². The molecule has 0 rings (SSSR count). The molecule has 0 atom stereocenters. The molecule has 2 N–H and O–H groups in total. The molecule has 3 nitrogen and oxygen atoms in total. The highest BCUT2D eigenvalue weighted by atomic mass is 16.2. The number of carbonyl (C=O) groups is 1. The summed E-state index contributed by atoms with van der Waals surface area (Å²) < 4.78 is 0. The summed E-state index contributed by atoms with van der Waals surface area (Å²) in [5.41, 5.74) is 0. The minimum Gasteiger partial charge on any atom is -0.338 e. The monoisotopic (exact) mass is 148 g/mol. The molecule has 0 aromatic heterocycles. The van der Waals surface area contributed by atoms with Crippen LogP contribution in [0.1, 0.15) is 29.5 Å². The first kappa shape index (κ1) is 9.27. The highest BCUT2D eigenvalue weighted by molar-refractivity contribution is 5.73. The number of hydrogen-bond donors (Lipinski definition) is 2. The summed E-state index contributed by atoms with van der Waals surface area (Å²) in [7, 11) is 0. The van der Waals surface area contributed by atoms with Crippen molar-refractivity contribution in [3.8, 4) is 0 Å². The molecule has 2 amide bonds. The van der Waals surface area contributed by atoms with Gasteiger partial charge in [0.25, 0.3) is 0 Å². The molecule has 0 unspecified atom stereocenters. The van der Waals surface area contributed by atoms with E-state index >= 15 is 0 Å². The summed E-state index contributed by atoms with van der Waals surface area (Å²) >= 11 is 0. The van der Waals surface area contributed by atoms with Crippen LogP contribution in [0, 0.1) is 0 Å². The molecular weight excluding hydrogens is 128 g/mol. The van der Waals surface area contributed by atoms with Gasteiger partial charge in [0.2, 0.25) is 0 Å². The van der Waals surface area contributed by atoms with E-state index in [9.17, 15) is 4.79 Å². The maximum absolute atomic E-state index is 10.7. The number of unbranched alkanes of at least 4 members (excludes halogenated alkanes) is 1. The summed E-state index contributed by atoms with van der Waals surface area (Å²) in [5, 5.41) is 5.39. The van der Waals surface area contributed by atoms with Crippen molar-refractivity contribution < 1.29 is 7.65 Å². The predicted octanol–water partition coefficient (Wildman–Crippen LogP) is 1.60. The van der Waals surface area contributed by atoms with Crippen molar-refractivity contribution in [2.24, 2.45) is 0 Å². The van der Waals surface area contributed by atoms with Gasteiger partial charge in [-0.25, -0.2) is 4.79 Å². The van der Waals surface area contributed by atoms with E-state index in [1.807, 2.05) is 6.92 Å². The third-order valence-electron chi connectivity index (χ3n) is 1.15. The molecule has 0 saturated carbocycles. The second kappa shape index (κ2) is 6.39. The van der Waals surface area contributed by atoms with Crippen molar-refractivity contribution >= 4 is 6.03 Å². The second-order valence-electron chi connectivity index (χ2n) is 2.14. The van der Waals surface area contributed by atoms with Gasteiger partial charge < -0.3 is 10.6 Å². The van der Waals surface area contributed by atoms with E-state index in [-0.39, 0.29) is 8.88 Å². The highest BCUT2D eigenvalue weighted by Gasteiger charge is 1.93. The van der Waals surface area contributed by atoms with Gasteiger partial charge in [-0.05, 0) is 13.3 Å². The van der Waals surface area contributed by atoms with Crippen LogP contribution < -0.4 is 10.6 Å². The van der Waals surface area contributed by atoms with Crippen LogP contribution in [0.5, 0.6) is 0 Å². The van der Waals surface area contributed by atoms with Gasteiger partial charge in [-0.2, -0.15) is 0 Å². The molecule has 3 heteroatoms. The molecule has 0 fully saturated rings. The SMILES string of the molecule is CCCCNC(=O)NCC.[HH].[HH]. The Kier molecular flexibility index (Phi) is 5.92. The van der Waals surface area contributed by atoms with Gasteiger partial charge in [-0.1, -0.05) is 13.3 Å². The van der Waals surface area contributed by atoms with Crippen molar-refractivity contribution in [1.82, 2.24) is 10.6 Å². The largest absolute Gasteiger partial charge is 0.338 e. The minimum absolute atomic E-state index is 0. The third kappa shape index (κ3) is 5.41. The van der Waals surface area contributed by atoms with Gasteiger partial charge in [0.1, 0.15) is 0 Å². The maximum atomic E-state index is 10.7. The molecule has 0 aliphatic rings. The Bertz CT molecular complexity index is 101. The molecule has 0 aliphatic carbocycles. The first-order valence-electron chi connectivity index (χ1n) is 3.83. The van der Waals surface area contributed by atoms with E-state index in [0.29, 0.717) is 6.54 Å². The molecule has 0 radical (unpaired) electrons. The summed E-state index contributed by atoms with van der Waals surface area (Å²) in [6, 6.07) is -0.0593. The van der Waals surface area contributed by atoms with Crippen molar-refractivity contribution in [3.63, 3.8) is 0 Å². The van der Waals surface area contributed by atoms with E-state index in [0.717, 1.165) is 19.4 Å². The summed E-state index contributed by atoms with van der Waals surface area (Å²) in [5.74, 6) is 0. The van der Waals surface area contributed by atoms with Crippen LogP contribution in [0.2, 0.25) is 0 Å². The normalized spacial score (nSPS) is 9.00. The molecule has 0 aromatic carbocycles. The first-order valence-corrected chi connectivity index (χ1v) is 3.83. The average Bonchev–Trinajstić information content (AvgIpc) is 1.89. The lowest BCUT2D eigenvalue weighted by Crippen LogP contribution is -2.35. The van der Waals surface area contributed by atoms with Crippen LogP contribution in [-0.2, 0) is 0 Å².